The molecule has 1 saturated heterocycles. The predicted octanol–water partition coefficient (Wildman–Crippen LogP) is 1.39. The minimum Gasteiger partial charge on any atom is -0.345 e. The first-order valence-electron chi connectivity index (χ1n) is 7.66. The van der Waals surface area contributed by atoms with Crippen molar-refractivity contribution >= 4 is 11.8 Å². The minimum atomic E-state index is -0.105. The van der Waals surface area contributed by atoms with E-state index >= 15 is 0 Å². The van der Waals surface area contributed by atoms with Crippen molar-refractivity contribution in [2.24, 2.45) is 7.05 Å². The van der Waals surface area contributed by atoms with Crippen molar-refractivity contribution in [2.75, 3.05) is 13.1 Å². The van der Waals surface area contributed by atoms with Crippen LogP contribution in [0.25, 0.3) is 0 Å². The quantitative estimate of drug-likeness (QED) is 0.861. The van der Waals surface area contributed by atoms with Gasteiger partial charge in [0, 0.05) is 32.4 Å². The largest absolute Gasteiger partial charge is 0.345 e. The molecule has 1 atom stereocenters. The van der Waals surface area contributed by atoms with Gasteiger partial charge in [-0.2, -0.15) is 0 Å². The van der Waals surface area contributed by atoms with E-state index in [9.17, 15) is 9.59 Å². The van der Waals surface area contributed by atoms with E-state index in [1.54, 1.807) is 11.1 Å². The Labute approximate surface area is 125 Å². The maximum absolute atomic E-state index is 12.2. The highest BCUT2D eigenvalue weighted by molar-refractivity contribution is 5.85. The first kappa shape index (κ1) is 15.5. The highest BCUT2D eigenvalue weighted by Gasteiger charge is 2.23. The summed E-state index contributed by atoms with van der Waals surface area (Å²) in [5, 5.41) is 3.01. The summed E-state index contributed by atoms with van der Waals surface area (Å²) in [6, 6.07) is -0.0950. The summed E-state index contributed by atoms with van der Waals surface area (Å²) >= 11 is 0. The number of imidazole rings is 1. The summed E-state index contributed by atoms with van der Waals surface area (Å²) in [6.45, 7) is 2.92. The van der Waals surface area contributed by atoms with E-state index in [0.29, 0.717) is 13.0 Å². The molecule has 21 heavy (non-hydrogen) atoms. The molecule has 0 aliphatic carbocycles. The number of piperidine rings is 1. The summed E-state index contributed by atoms with van der Waals surface area (Å²) in [5.74, 6) is 0.835. The molecule has 2 amide bonds. The maximum atomic E-state index is 12.2. The van der Waals surface area contributed by atoms with Crippen LogP contribution in [-0.2, 0) is 16.6 Å². The van der Waals surface area contributed by atoms with Gasteiger partial charge in [-0.15, -0.1) is 0 Å². The van der Waals surface area contributed by atoms with Crippen LogP contribution in [0.1, 0.15) is 50.9 Å². The number of likely N-dealkylation sites (tertiary alicyclic amines) is 1. The number of amides is 2. The van der Waals surface area contributed by atoms with E-state index in [1.165, 1.54) is 0 Å². The van der Waals surface area contributed by atoms with E-state index in [1.807, 2.05) is 17.8 Å². The van der Waals surface area contributed by atoms with Crippen molar-refractivity contribution in [1.29, 1.82) is 0 Å². The molecule has 1 fully saturated rings. The Morgan fingerprint density at radius 2 is 2.29 bits per heavy atom. The zero-order valence-electron chi connectivity index (χ0n) is 12.8. The highest BCUT2D eigenvalue weighted by Crippen LogP contribution is 2.16. The smallest absolute Gasteiger partial charge is 0.240 e. The van der Waals surface area contributed by atoms with Gasteiger partial charge in [0.1, 0.15) is 5.82 Å². The maximum Gasteiger partial charge on any atom is 0.240 e. The average Bonchev–Trinajstić information content (AvgIpc) is 2.87. The van der Waals surface area contributed by atoms with Gasteiger partial charge in [0.15, 0.2) is 0 Å². The lowest BCUT2D eigenvalue weighted by Gasteiger charge is -2.27. The molecule has 2 heterocycles. The normalized spacial score (nSPS) is 16.9. The molecule has 0 unspecified atom stereocenters. The molecule has 6 nitrogen and oxygen atoms in total. The molecule has 1 aromatic heterocycles. The van der Waals surface area contributed by atoms with Crippen molar-refractivity contribution < 1.29 is 9.59 Å². The number of carbonyl (C=O) groups excluding carboxylic acids is 2. The Kier molecular flexibility index (Phi) is 5.36. The fourth-order valence-corrected chi connectivity index (χ4v) is 2.71. The number of rotatable bonds is 6. The van der Waals surface area contributed by atoms with Crippen molar-refractivity contribution in [3.63, 3.8) is 0 Å². The zero-order chi connectivity index (χ0) is 15.2. The molecule has 2 rings (SSSR count). The monoisotopic (exact) mass is 292 g/mol. The molecule has 1 aliphatic rings. The Hall–Kier alpha value is -1.85. The second kappa shape index (κ2) is 7.24. The van der Waals surface area contributed by atoms with Gasteiger partial charge < -0.3 is 14.8 Å². The predicted molar refractivity (Wildman–Crippen MR) is 79.4 cm³/mol. The molecular formula is C15H24N4O2. The van der Waals surface area contributed by atoms with Crippen LogP contribution in [-0.4, -0.2) is 39.4 Å². The van der Waals surface area contributed by atoms with E-state index in [2.05, 4.69) is 17.2 Å². The topological polar surface area (TPSA) is 67.2 Å². The minimum absolute atomic E-state index is 0.0837. The van der Waals surface area contributed by atoms with Crippen LogP contribution >= 0.6 is 0 Å². The Bertz CT molecular complexity index is 498. The van der Waals surface area contributed by atoms with Crippen LogP contribution in [0.2, 0.25) is 0 Å². The SMILES string of the molecule is CCC[C@H](NC(=O)CN1CCCCC1=O)c1nccn1C. The van der Waals surface area contributed by atoms with Gasteiger partial charge in [-0.1, -0.05) is 13.3 Å². The van der Waals surface area contributed by atoms with Crippen molar-refractivity contribution in [3.8, 4) is 0 Å². The summed E-state index contributed by atoms with van der Waals surface area (Å²) in [7, 11) is 1.92. The van der Waals surface area contributed by atoms with Crippen LogP contribution in [0.5, 0.6) is 0 Å². The summed E-state index contributed by atoms with van der Waals surface area (Å²) in [6.07, 6.45) is 7.88. The lowest BCUT2D eigenvalue weighted by Crippen LogP contribution is -2.44. The van der Waals surface area contributed by atoms with Gasteiger partial charge in [0.2, 0.25) is 11.8 Å². The highest BCUT2D eigenvalue weighted by atomic mass is 16.2. The van der Waals surface area contributed by atoms with Crippen LogP contribution in [0.3, 0.4) is 0 Å². The Morgan fingerprint density at radius 1 is 1.48 bits per heavy atom. The second-order valence-corrected chi connectivity index (χ2v) is 5.58. The number of aromatic nitrogens is 2. The lowest BCUT2D eigenvalue weighted by atomic mass is 10.1. The molecule has 116 valence electrons. The molecule has 1 aliphatic heterocycles. The van der Waals surface area contributed by atoms with Crippen molar-refractivity contribution in [2.45, 2.75) is 45.1 Å². The Morgan fingerprint density at radius 3 is 2.90 bits per heavy atom. The second-order valence-electron chi connectivity index (χ2n) is 5.58. The summed E-state index contributed by atoms with van der Waals surface area (Å²) < 4.78 is 1.92. The standard InChI is InChI=1S/C15H24N4O2/c1-3-6-12(15-16-8-10-18(15)2)17-13(20)11-19-9-5-4-7-14(19)21/h8,10,12H,3-7,9,11H2,1-2H3,(H,17,20)/t12-/m0/s1. The third-order valence-corrected chi connectivity index (χ3v) is 3.84. The van der Waals surface area contributed by atoms with E-state index in [4.69, 9.17) is 0 Å². The number of nitrogens with one attached hydrogen (secondary N) is 1. The van der Waals surface area contributed by atoms with Crippen LogP contribution in [0.15, 0.2) is 12.4 Å². The lowest BCUT2D eigenvalue weighted by molar-refractivity contribution is -0.138. The van der Waals surface area contributed by atoms with Gasteiger partial charge in [-0.3, -0.25) is 9.59 Å². The van der Waals surface area contributed by atoms with E-state index in [0.717, 1.165) is 31.5 Å². The van der Waals surface area contributed by atoms with Gasteiger partial charge in [-0.25, -0.2) is 4.98 Å². The molecular weight excluding hydrogens is 268 g/mol. The first-order chi connectivity index (χ1) is 10.1. The number of hydrogen-bond donors (Lipinski definition) is 1. The molecule has 0 saturated carbocycles. The molecule has 6 heteroatoms. The van der Waals surface area contributed by atoms with Crippen LogP contribution in [0, 0.1) is 0 Å². The van der Waals surface area contributed by atoms with Crippen LogP contribution in [0.4, 0.5) is 0 Å². The van der Waals surface area contributed by atoms with E-state index in [-0.39, 0.29) is 24.4 Å². The van der Waals surface area contributed by atoms with Crippen molar-refractivity contribution in [1.82, 2.24) is 19.8 Å². The Balaban J connectivity index is 1.95. The molecule has 1 aromatic rings. The molecule has 0 bridgehead atoms. The average molecular weight is 292 g/mol. The molecule has 0 aromatic carbocycles. The number of aryl methyl sites for hydroxylation is 1. The fraction of sp³-hybridized carbons (Fsp3) is 0.667. The third-order valence-electron chi connectivity index (χ3n) is 3.84. The van der Waals surface area contributed by atoms with Gasteiger partial charge in [0.05, 0.1) is 12.6 Å². The number of carbonyl (C=O) groups is 2. The fourth-order valence-electron chi connectivity index (χ4n) is 2.71. The van der Waals surface area contributed by atoms with Gasteiger partial charge in [0.25, 0.3) is 0 Å². The summed E-state index contributed by atoms with van der Waals surface area (Å²) in [4.78, 5) is 29.9. The molecule has 0 radical (unpaired) electrons. The van der Waals surface area contributed by atoms with Crippen molar-refractivity contribution in [3.05, 3.63) is 18.2 Å². The molecule has 0 spiro atoms. The first-order valence-corrected chi connectivity index (χ1v) is 7.66. The molecule has 1 N–H and O–H groups in total. The number of hydrogen-bond acceptors (Lipinski definition) is 3. The number of nitrogens with zero attached hydrogens (tertiary/aromatic N) is 3. The van der Waals surface area contributed by atoms with E-state index < -0.39 is 0 Å². The van der Waals surface area contributed by atoms with Gasteiger partial charge >= 0.3 is 0 Å². The van der Waals surface area contributed by atoms with Crippen LogP contribution < -0.4 is 5.32 Å². The summed E-state index contributed by atoms with van der Waals surface area (Å²) in [5.41, 5.74) is 0. The zero-order valence-corrected chi connectivity index (χ0v) is 12.8. The van der Waals surface area contributed by atoms with Gasteiger partial charge in [-0.05, 0) is 19.3 Å². The third kappa shape index (κ3) is 4.06.